The van der Waals surface area contributed by atoms with Crippen molar-refractivity contribution in [3.63, 3.8) is 0 Å². The maximum atomic E-state index is 6.18. The van der Waals surface area contributed by atoms with Gasteiger partial charge in [0.1, 0.15) is 0 Å². The van der Waals surface area contributed by atoms with Crippen molar-refractivity contribution < 1.29 is 4.74 Å². The summed E-state index contributed by atoms with van der Waals surface area (Å²) in [5.74, 6) is 1.29. The number of hydrogen-bond acceptors (Lipinski definition) is 10. The molecule has 10 nitrogen and oxygen atoms in total. The molecule has 220 valence electrons. The van der Waals surface area contributed by atoms with E-state index in [1.165, 1.54) is 0 Å². The number of hydrogen-bond donors (Lipinski definition) is 4. The van der Waals surface area contributed by atoms with E-state index in [-0.39, 0.29) is 0 Å². The molecule has 0 atom stereocenters. The van der Waals surface area contributed by atoms with Crippen molar-refractivity contribution in [2.24, 2.45) is 0 Å². The maximum absolute atomic E-state index is 6.18. The number of morpholine rings is 1. The molecule has 43 heavy (non-hydrogen) atoms. The summed E-state index contributed by atoms with van der Waals surface area (Å²) in [6.07, 6.45) is 2.72. The highest BCUT2D eigenvalue weighted by molar-refractivity contribution is 6.31. The van der Waals surface area contributed by atoms with E-state index in [4.69, 9.17) is 27.9 Å². The Kier molecular flexibility index (Phi) is 9.29. The quantitative estimate of drug-likeness (QED) is 0.115. The van der Waals surface area contributed by atoms with Crippen molar-refractivity contribution in [3.8, 4) is 0 Å². The van der Waals surface area contributed by atoms with Gasteiger partial charge in [0.25, 0.3) is 0 Å². The molecule has 0 aliphatic carbocycles. The third kappa shape index (κ3) is 7.99. The van der Waals surface area contributed by atoms with Gasteiger partial charge in [-0.3, -0.25) is 9.88 Å². The highest BCUT2D eigenvalue weighted by Crippen LogP contribution is 2.28. The molecular formula is C31H31Cl2N9O. The van der Waals surface area contributed by atoms with Crippen LogP contribution in [-0.4, -0.2) is 64.2 Å². The first-order chi connectivity index (χ1) is 21.1. The van der Waals surface area contributed by atoms with E-state index < -0.39 is 0 Å². The second-order valence-corrected chi connectivity index (χ2v) is 10.9. The molecule has 4 N–H and O–H groups in total. The van der Waals surface area contributed by atoms with Crippen LogP contribution in [0.2, 0.25) is 10.0 Å². The molecule has 0 spiro atoms. The standard InChI is InChI=1S/C31H31Cl2N9O/c32-21-3-1-4-25(19-21)38-31-40-29(35-12-2-14-42-15-17-43-18-16-42)39-30(41-31)37-24-8-6-23(7-9-24)36-27-11-13-34-28-20-22(33)5-10-26(27)28/h1,3-11,13,19-20H,2,12,14-18H2,(H,34,36)(H3,35,37,38,39,40,41). The summed E-state index contributed by atoms with van der Waals surface area (Å²) in [6.45, 7) is 5.24. The lowest BCUT2D eigenvalue weighted by Gasteiger charge is -2.26. The van der Waals surface area contributed by atoms with Gasteiger partial charge in [-0.1, -0.05) is 29.3 Å². The Bertz CT molecular complexity index is 1680. The van der Waals surface area contributed by atoms with E-state index in [9.17, 15) is 0 Å². The van der Waals surface area contributed by atoms with Crippen molar-refractivity contribution in [3.05, 3.63) is 89.0 Å². The number of benzene rings is 3. The Morgan fingerprint density at radius 3 is 2.19 bits per heavy atom. The van der Waals surface area contributed by atoms with Gasteiger partial charge in [-0.05, 0) is 79.7 Å². The first-order valence-corrected chi connectivity index (χ1v) is 14.8. The van der Waals surface area contributed by atoms with Gasteiger partial charge >= 0.3 is 0 Å². The molecule has 1 saturated heterocycles. The largest absolute Gasteiger partial charge is 0.379 e. The van der Waals surface area contributed by atoms with E-state index >= 15 is 0 Å². The molecule has 5 aromatic rings. The summed E-state index contributed by atoms with van der Waals surface area (Å²) < 4.78 is 5.44. The van der Waals surface area contributed by atoms with E-state index in [0.717, 1.165) is 79.5 Å². The number of nitrogens with one attached hydrogen (secondary N) is 4. The number of anilines is 7. The van der Waals surface area contributed by atoms with Gasteiger partial charge < -0.3 is 26.0 Å². The Morgan fingerprint density at radius 1 is 0.721 bits per heavy atom. The smallest absolute Gasteiger partial charge is 0.233 e. The predicted octanol–water partition coefficient (Wildman–Crippen LogP) is 7.09. The zero-order chi connectivity index (χ0) is 29.4. The molecule has 3 heterocycles. The Morgan fingerprint density at radius 2 is 1.42 bits per heavy atom. The van der Waals surface area contributed by atoms with Gasteiger partial charge in [0, 0.05) is 64.0 Å². The minimum absolute atomic E-state index is 0.401. The lowest BCUT2D eigenvalue weighted by molar-refractivity contribution is 0.0378. The molecule has 12 heteroatoms. The molecule has 0 saturated carbocycles. The minimum atomic E-state index is 0.401. The SMILES string of the molecule is Clc1cccc(Nc2nc(NCCCN3CCOCC3)nc(Nc3ccc(Nc4ccnc5cc(Cl)ccc45)cc3)n2)c1. The van der Waals surface area contributed by atoms with Gasteiger partial charge in [-0.2, -0.15) is 15.0 Å². The summed E-state index contributed by atoms with van der Waals surface area (Å²) in [5, 5.41) is 15.6. The first kappa shape index (κ1) is 28.9. The molecule has 1 fully saturated rings. The molecular weight excluding hydrogens is 585 g/mol. The summed E-state index contributed by atoms with van der Waals surface area (Å²) in [4.78, 5) is 20.6. The third-order valence-electron chi connectivity index (χ3n) is 6.88. The predicted molar refractivity (Wildman–Crippen MR) is 175 cm³/mol. The summed E-state index contributed by atoms with van der Waals surface area (Å²) >= 11 is 12.3. The van der Waals surface area contributed by atoms with Crippen molar-refractivity contribution >= 4 is 74.7 Å². The number of halogens is 2. The molecule has 1 aliphatic heterocycles. The van der Waals surface area contributed by atoms with Gasteiger partial charge in [0.2, 0.25) is 17.8 Å². The van der Waals surface area contributed by atoms with Crippen LogP contribution in [0.5, 0.6) is 0 Å². The van der Waals surface area contributed by atoms with Crippen LogP contribution in [0.4, 0.5) is 40.6 Å². The number of ether oxygens (including phenoxy) is 1. The topological polar surface area (TPSA) is 112 Å². The molecule has 0 bridgehead atoms. The third-order valence-corrected chi connectivity index (χ3v) is 7.35. The van der Waals surface area contributed by atoms with Gasteiger partial charge in [-0.15, -0.1) is 0 Å². The average molecular weight is 617 g/mol. The van der Waals surface area contributed by atoms with Gasteiger partial charge in [-0.25, -0.2) is 0 Å². The van der Waals surface area contributed by atoms with Crippen molar-refractivity contribution in [1.82, 2.24) is 24.8 Å². The Hall–Kier alpha value is -4.22. The van der Waals surface area contributed by atoms with E-state index in [1.54, 1.807) is 6.20 Å². The second-order valence-electron chi connectivity index (χ2n) is 10.0. The molecule has 1 aliphatic rings. The number of rotatable bonds is 11. The van der Waals surface area contributed by atoms with E-state index in [1.807, 2.05) is 72.8 Å². The van der Waals surface area contributed by atoms with Crippen LogP contribution in [0.25, 0.3) is 10.9 Å². The number of fused-ring (bicyclic) bond motifs is 1. The summed E-state index contributed by atoms with van der Waals surface area (Å²) in [7, 11) is 0. The molecule has 6 rings (SSSR count). The van der Waals surface area contributed by atoms with Crippen LogP contribution >= 0.6 is 23.2 Å². The van der Waals surface area contributed by atoms with Crippen molar-refractivity contribution in [2.45, 2.75) is 6.42 Å². The fraction of sp³-hybridized carbons (Fsp3) is 0.226. The number of aromatic nitrogens is 4. The van der Waals surface area contributed by atoms with Crippen LogP contribution in [0, 0.1) is 0 Å². The molecule has 0 unspecified atom stereocenters. The van der Waals surface area contributed by atoms with Crippen LogP contribution < -0.4 is 21.3 Å². The van der Waals surface area contributed by atoms with Crippen LogP contribution in [0.3, 0.4) is 0 Å². The summed E-state index contributed by atoms with van der Waals surface area (Å²) in [5.41, 5.74) is 4.31. The lowest BCUT2D eigenvalue weighted by atomic mass is 10.2. The Balaban J connectivity index is 1.15. The molecule has 0 radical (unpaired) electrons. The number of pyridine rings is 1. The molecule has 2 aromatic heterocycles. The fourth-order valence-electron chi connectivity index (χ4n) is 4.74. The zero-order valence-electron chi connectivity index (χ0n) is 23.4. The van der Waals surface area contributed by atoms with Gasteiger partial charge in [0.05, 0.1) is 18.7 Å². The average Bonchev–Trinajstić information content (AvgIpc) is 3.01. The fourth-order valence-corrected chi connectivity index (χ4v) is 5.10. The van der Waals surface area contributed by atoms with Crippen molar-refractivity contribution in [2.75, 3.05) is 60.7 Å². The minimum Gasteiger partial charge on any atom is -0.379 e. The Labute approximate surface area is 259 Å². The van der Waals surface area contributed by atoms with Crippen LogP contribution in [-0.2, 0) is 4.74 Å². The zero-order valence-corrected chi connectivity index (χ0v) is 24.9. The monoisotopic (exact) mass is 615 g/mol. The van der Waals surface area contributed by atoms with E-state index in [0.29, 0.717) is 27.9 Å². The highest BCUT2D eigenvalue weighted by atomic mass is 35.5. The van der Waals surface area contributed by atoms with E-state index in [2.05, 4.69) is 46.1 Å². The van der Waals surface area contributed by atoms with Crippen LogP contribution in [0.1, 0.15) is 6.42 Å². The van der Waals surface area contributed by atoms with Crippen LogP contribution in [0.15, 0.2) is 79.0 Å². The lowest BCUT2D eigenvalue weighted by Crippen LogP contribution is -2.37. The molecule has 0 amide bonds. The number of nitrogens with zero attached hydrogens (tertiary/aromatic N) is 5. The second kappa shape index (κ2) is 13.8. The molecule has 3 aromatic carbocycles. The van der Waals surface area contributed by atoms with Gasteiger partial charge in [0.15, 0.2) is 0 Å². The maximum Gasteiger partial charge on any atom is 0.233 e. The normalized spacial score (nSPS) is 13.5. The van der Waals surface area contributed by atoms with Crippen molar-refractivity contribution in [1.29, 1.82) is 0 Å². The highest BCUT2D eigenvalue weighted by Gasteiger charge is 2.11. The summed E-state index contributed by atoms with van der Waals surface area (Å²) in [6, 6.07) is 22.9. The first-order valence-electron chi connectivity index (χ1n) is 14.1.